The van der Waals surface area contributed by atoms with Gasteiger partial charge in [-0.25, -0.2) is 4.98 Å². The van der Waals surface area contributed by atoms with E-state index < -0.39 is 0 Å². The highest BCUT2D eigenvalue weighted by Crippen LogP contribution is 2.23. The molecule has 1 heterocycles. The van der Waals surface area contributed by atoms with Gasteiger partial charge in [0.25, 0.3) is 5.91 Å². The first-order valence-corrected chi connectivity index (χ1v) is 6.93. The van der Waals surface area contributed by atoms with E-state index in [9.17, 15) is 4.79 Å². The Balaban J connectivity index is 2.15. The lowest BCUT2D eigenvalue weighted by Crippen LogP contribution is -2.29. The number of methoxy groups -OCH3 is 1. The lowest BCUT2D eigenvalue weighted by atomic mass is 10.1. The third-order valence-electron chi connectivity index (χ3n) is 3.47. The van der Waals surface area contributed by atoms with E-state index in [1.807, 2.05) is 31.2 Å². The minimum Gasteiger partial charge on any atom is -0.497 e. The maximum absolute atomic E-state index is 12.4. The third-order valence-corrected chi connectivity index (χ3v) is 3.70. The van der Waals surface area contributed by atoms with Crippen LogP contribution < -0.4 is 4.74 Å². The summed E-state index contributed by atoms with van der Waals surface area (Å²) in [6.07, 6.45) is 1.49. The number of nitrogens with zero attached hydrogens (tertiary/aromatic N) is 2. The summed E-state index contributed by atoms with van der Waals surface area (Å²) in [5, 5.41) is 0.373. The van der Waals surface area contributed by atoms with Crippen LogP contribution in [0.15, 0.2) is 42.6 Å². The van der Waals surface area contributed by atoms with Crippen molar-refractivity contribution in [3.8, 4) is 5.75 Å². The van der Waals surface area contributed by atoms with E-state index in [0.717, 1.165) is 11.3 Å². The number of halogens is 1. The van der Waals surface area contributed by atoms with Crippen molar-refractivity contribution in [2.75, 3.05) is 14.2 Å². The van der Waals surface area contributed by atoms with Gasteiger partial charge in [-0.1, -0.05) is 23.7 Å². The molecule has 1 aromatic heterocycles. The molecule has 0 fully saturated rings. The third kappa shape index (κ3) is 3.52. The van der Waals surface area contributed by atoms with E-state index in [4.69, 9.17) is 16.3 Å². The number of carbonyl (C=O) groups excluding carboxylic acids is 1. The molecule has 0 radical (unpaired) electrons. The standard InChI is InChI=1S/C16H17ClN2O2/c1-11(12-4-7-14(21-3)8-5-12)19(2)16(20)13-6-9-15(17)18-10-13/h4-11H,1-3H3. The number of pyridine rings is 1. The SMILES string of the molecule is COc1ccc(C(C)N(C)C(=O)c2ccc(Cl)nc2)cc1. The zero-order chi connectivity index (χ0) is 15.4. The first kappa shape index (κ1) is 15.3. The number of hydrogen-bond acceptors (Lipinski definition) is 3. The molecule has 0 aliphatic carbocycles. The van der Waals surface area contributed by atoms with Crippen molar-refractivity contribution in [2.24, 2.45) is 0 Å². The van der Waals surface area contributed by atoms with Gasteiger partial charge in [0.2, 0.25) is 0 Å². The first-order chi connectivity index (χ1) is 10.0. The van der Waals surface area contributed by atoms with Gasteiger partial charge in [0.1, 0.15) is 10.9 Å². The molecule has 0 aliphatic heterocycles. The largest absolute Gasteiger partial charge is 0.497 e. The molecule has 0 saturated carbocycles. The second-order valence-electron chi connectivity index (χ2n) is 4.73. The number of aromatic nitrogens is 1. The van der Waals surface area contributed by atoms with Crippen molar-refractivity contribution < 1.29 is 9.53 Å². The van der Waals surface area contributed by atoms with Crippen LogP contribution in [0.2, 0.25) is 5.15 Å². The summed E-state index contributed by atoms with van der Waals surface area (Å²) < 4.78 is 5.14. The van der Waals surface area contributed by atoms with Crippen LogP contribution in [0.3, 0.4) is 0 Å². The zero-order valence-corrected chi connectivity index (χ0v) is 13.0. The van der Waals surface area contributed by atoms with Crippen LogP contribution in [0.25, 0.3) is 0 Å². The van der Waals surface area contributed by atoms with E-state index in [0.29, 0.717) is 10.7 Å². The normalized spacial score (nSPS) is 11.8. The summed E-state index contributed by atoms with van der Waals surface area (Å²) >= 11 is 5.74. The molecule has 1 amide bonds. The maximum Gasteiger partial charge on any atom is 0.255 e. The summed E-state index contributed by atoms with van der Waals surface area (Å²) in [5.74, 6) is 0.698. The van der Waals surface area contributed by atoms with Crippen molar-refractivity contribution in [3.63, 3.8) is 0 Å². The highest BCUT2D eigenvalue weighted by Gasteiger charge is 2.19. The molecule has 1 unspecified atom stereocenters. The number of ether oxygens (including phenoxy) is 1. The van der Waals surface area contributed by atoms with Crippen LogP contribution in [0.4, 0.5) is 0 Å². The Bertz CT molecular complexity index is 611. The molecule has 1 atom stereocenters. The van der Waals surface area contributed by atoms with Gasteiger partial charge in [0.05, 0.1) is 18.7 Å². The molecule has 110 valence electrons. The Morgan fingerprint density at radius 3 is 2.43 bits per heavy atom. The Labute approximate surface area is 129 Å². The molecular weight excluding hydrogens is 288 g/mol. The summed E-state index contributed by atoms with van der Waals surface area (Å²) in [4.78, 5) is 18.0. The summed E-state index contributed by atoms with van der Waals surface area (Å²) in [7, 11) is 3.40. The molecule has 5 heteroatoms. The van der Waals surface area contributed by atoms with E-state index in [1.165, 1.54) is 6.20 Å². The van der Waals surface area contributed by atoms with Crippen molar-refractivity contribution in [3.05, 3.63) is 58.9 Å². The molecular formula is C16H17ClN2O2. The number of hydrogen-bond donors (Lipinski definition) is 0. The van der Waals surface area contributed by atoms with Crippen LogP contribution in [0.5, 0.6) is 5.75 Å². The Kier molecular flexibility index (Phi) is 4.81. The molecule has 4 nitrogen and oxygen atoms in total. The first-order valence-electron chi connectivity index (χ1n) is 6.55. The lowest BCUT2D eigenvalue weighted by Gasteiger charge is -2.25. The minimum absolute atomic E-state index is 0.0564. The average Bonchev–Trinajstić information content (AvgIpc) is 2.53. The molecule has 21 heavy (non-hydrogen) atoms. The fourth-order valence-electron chi connectivity index (χ4n) is 1.99. The second kappa shape index (κ2) is 6.59. The smallest absolute Gasteiger partial charge is 0.255 e. The minimum atomic E-state index is -0.0949. The van der Waals surface area contributed by atoms with Crippen LogP contribution in [0.1, 0.15) is 28.9 Å². The maximum atomic E-state index is 12.4. The second-order valence-corrected chi connectivity index (χ2v) is 5.12. The molecule has 2 rings (SSSR count). The van der Waals surface area contributed by atoms with Gasteiger partial charge in [-0.2, -0.15) is 0 Å². The van der Waals surface area contributed by atoms with Crippen molar-refractivity contribution in [1.82, 2.24) is 9.88 Å². The predicted octanol–water partition coefficient (Wildman–Crippen LogP) is 3.58. The fourth-order valence-corrected chi connectivity index (χ4v) is 2.10. The predicted molar refractivity (Wildman–Crippen MR) is 82.7 cm³/mol. The Morgan fingerprint density at radius 1 is 1.24 bits per heavy atom. The highest BCUT2D eigenvalue weighted by atomic mass is 35.5. The Morgan fingerprint density at radius 2 is 1.90 bits per heavy atom. The quantitative estimate of drug-likeness (QED) is 0.811. The van der Waals surface area contributed by atoms with E-state index in [2.05, 4.69) is 4.98 Å². The molecule has 0 bridgehead atoms. The van der Waals surface area contributed by atoms with Crippen molar-refractivity contribution >= 4 is 17.5 Å². The van der Waals surface area contributed by atoms with Gasteiger partial charge in [0, 0.05) is 13.2 Å². The van der Waals surface area contributed by atoms with E-state index in [1.54, 1.807) is 31.2 Å². The number of rotatable bonds is 4. The molecule has 0 spiro atoms. The van der Waals surface area contributed by atoms with Crippen molar-refractivity contribution in [1.29, 1.82) is 0 Å². The van der Waals surface area contributed by atoms with Gasteiger partial charge < -0.3 is 9.64 Å². The van der Waals surface area contributed by atoms with Gasteiger partial charge >= 0.3 is 0 Å². The van der Waals surface area contributed by atoms with Gasteiger partial charge in [0.15, 0.2) is 0 Å². The fraction of sp³-hybridized carbons (Fsp3) is 0.250. The molecule has 0 N–H and O–H groups in total. The number of carbonyl (C=O) groups is 1. The molecule has 0 aliphatic rings. The van der Waals surface area contributed by atoms with E-state index >= 15 is 0 Å². The number of benzene rings is 1. The van der Waals surface area contributed by atoms with Crippen LogP contribution in [-0.2, 0) is 0 Å². The van der Waals surface area contributed by atoms with Gasteiger partial charge in [-0.3, -0.25) is 4.79 Å². The van der Waals surface area contributed by atoms with Gasteiger partial charge in [-0.05, 0) is 36.8 Å². The molecule has 1 aromatic carbocycles. The zero-order valence-electron chi connectivity index (χ0n) is 12.2. The molecule has 0 saturated heterocycles. The summed E-state index contributed by atoms with van der Waals surface area (Å²) in [6.45, 7) is 1.98. The lowest BCUT2D eigenvalue weighted by molar-refractivity contribution is 0.0742. The van der Waals surface area contributed by atoms with E-state index in [-0.39, 0.29) is 11.9 Å². The van der Waals surface area contributed by atoms with Gasteiger partial charge in [-0.15, -0.1) is 0 Å². The highest BCUT2D eigenvalue weighted by molar-refractivity contribution is 6.29. The monoisotopic (exact) mass is 304 g/mol. The van der Waals surface area contributed by atoms with Crippen LogP contribution >= 0.6 is 11.6 Å². The summed E-state index contributed by atoms with van der Waals surface area (Å²) in [6, 6.07) is 10.9. The molecule has 2 aromatic rings. The average molecular weight is 305 g/mol. The topological polar surface area (TPSA) is 42.4 Å². The summed E-state index contributed by atoms with van der Waals surface area (Å²) in [5.41, 5.74) is 1.55. The number of amides is 1. The van der Waals surface area contributed by atoms with Crippen molar-refractivity contribution in [2.45, 2.75) is 13.0 Å². The van der Waals surface area contributed by atoms with Crippen LogP contribution in [0, 0.1) is 0 Å². The van der Waals surface area contributed by atoms with Crippen LogP contribution in [-0.4, -0.2) is 29.9 Å². The Hall–Kier alpha value is -2.07.